The number of nitro benzene ring substituents is 1. The predicted molar refractivity (Wildman–Crippen MR) is 127 cm³/mol. The topological polar surface area (TPSA) is 138 Å². The van der Waals surface area contributed by atoms with Crippen molar-refractivity contribution in [3.8, 4) is 5.75 Å². The molecule has 0 spiro atoms. The Kier molecular flexibility index (Phi) is 7.77. The van der Waals surface area contributed by atoms with Gasteiger partial charge in [-0.2, -0.15) is 0 Å². The maximum absolute atomic E-state index is 12.3. The van der Waals surface area contributed by atoms with Crippen LogP contribution in [-0.2, 0) is 11.4 Å². The first-order chi connectivity index (χ1) is 15.7. The molecule has 0 saturated carbocycles. The number of non-ortho nitro benzene ring substituents is 1. The highest BCUT2D eigenvalue weighted by Gasteiger charge is 2.16. The van der Waals surface area contributed by atoms with Crippen molar-refractivity contribution in [3.05, 3.63) is 68.5 Å². The molecule has 0 aliphatic rings. The molecule has 0 radical (unpaired) electrons. The molecule has 3 aromatic rings. The Morgan fingerprint density at radius 3 is 2.73 bits per heavy atom. The number of aromatic nitrogens is 3. The number of aryl methyl sites for hydroxylation is 1. The van der Waals surface area contributed by atoms with E-state index in [4.69, 9.17) is 22.2 Å². The summed E-state index contributed by atoms with van der Waals surface area (Å²) in [6, 6.07) is 9.86. The van der Waals surface area contributed by atoms with Crippen molar-refractivity contribution in [1.29, 1.82) is 0 Å². The normalized spacial score (nSPS) is 10.9. The van der Waals surface area contributed by atoms with Crippen LogP contribution in [0.5, 0.6) is 5.75 Å². The second-order valence-corrected chi connectivity index (χ2v) is 8.86. The summed E-state index contributed by atoms with van der Waals surface area (Å²) in [5.41, 5.74) is 2.28. The first-order valence-corrected chi connectivity index (χ1v) is 11.3. The zero-order chi connectivity index (χ0) is 24.1. The van der Waals surface area contributed by atoms with Crippen molar-refractivity contribution in [1.82, 2.24) is 14.9 Å². The van der Waals surface area contributed by atoms with E-state index in [2.05, 4.69) is 29.4 Å². The monoisotopic (exact) mass is 490 g/mol. The highest BCUT2D eigenvalue weighted by atomic mass is 35.5. The van der Waals surface area contributed by atoms with Crippen molar-refractivity contribution in [2.45, 2.75) is 38.5 Å². The highest BCUT2D eigenvalue weighted by Crippen LogP contribution is 2.29. The Balaban J connectivity index is 1.59. The largest absolute Gasteiger partial charge is 0.485 e. The maximum atomic E-state index is 12.3. The Bertz CT molecular complexity index is 1180. The SMILES string of the molecule is Cc1ccc(C(C)C)c(OCc2nnc(SCC(=O)Nc3ccc([N+](=O)[O-])cc3Cl)n2N)c1. The van der Waals surface area contributed by atoms with E-state index in [0.29, 0.717) is 16.9 Å². The van der Waals surface area contributed by atoms with E-state index in [1.54, 1.807) is 0 Å². The number of anilines is 1. The number of hydrogen-bond donors (Lipinski definition) is 2. The smallest absolute Gasteiger partial charge is 0.271 e. The molecule has 0 aliphatic heterocycles. The third-order valence-electron chi connectivity index (χ3n) is 4.65. The zero-order valence-corrected chi connectivity index (χ0v) is 19.8. The molecular formula is C21H23ClN6O4S. The lowest BCUT2D eigenvalue weighted by molar-refractivity contribution is -0.384. The van der Waals surface area contributed by atoms with Gasteiger partial charge < -0.3 is 15.9 Å². The number of nitrogens with zero attached hydrogens (tertiary/aromatic N) is 4. The summed E-state index contributed by atoms with van der Waals surface area (Å²) in [4.78, 5) is 22.5. The van der Waals surface area contributed by atoms with Crippen molar-refractivity contribution in [2.24, 2.45) is 0 Å². The van der Waals surface area contributed by atoms with Crippen LogP contribution in [-0.4, -0.2) is 31.5 Å². The molecule has 1 amide bonds. The second-order valence-electron chi connectivity index (χ2n) is 7.51. The predicted octanol–water partition coefficient (Wildman–Crippen LogP) is 4.30. The Morgan fingerprint density at radius 1 is 1.30 bits per heavy atom. The number of amides is 1. The maximum Gasteiger partial charge on any atom is 0.271 e. The van der Waals surface area contributed by atoms with E-state index in [9.17, 15) is 14.9 Å². The molecule has 0 bridgehead atoms. The van der Waals surface area contributed by atoms with Gasteiger partial charge in [-0.3, -0.25) is 14.9 Å². The van der Waals surface area contributed by atoms with Gasteiger partial charge in [-0.1, -0.05) is 49.3 Å². The minimum atomic E-state index is -0.564. The van der Waals surface area contributed by atoms with E-state index < -0.39 is 4.92 Å². The summed E-state index contributed by atoms with van der Waals surface area (Å²) in [5.74, 6) is 7.16. The van der Waals surface area contributed by atoms with E-state index in [1.807, 2.05) is 25.1 Å². The van der Waals surface area contributed by atoms with Crippen molar-refractivity contribution < 1.29 is 14.5 Å². The van der Waals surface area contributed by atoms with Crippen molar-refractivity contribution in [2.75, 3.05) is 16.9 Å². The van der Waals surface area contributed by atoms with Crippen LogP contribution in [0, 0.1) is 17.0 Å². The summed E-state index contributed by atoms with van der Waals surface area (Å²) in [6.07, 6.45) is 0. The molecule has 2 aromatic carbocycles. The average Bonchev–Trinajstić information content (AvgIpc) is 3.11. The summed E-state index contributed by atoms with van der Waals surface area (Å²) >= 11 is 7.09. The minimum absolute atomic E-state index is 0.0150. The molecule has 10 nitrogen and oxygen atoms in total. The lowest BCUT2D eigenvalue weighted by Crippen LogP contribution is -2.18. The standard InChI is InChI=1S/C21H23ClN6O4S/c1-12(2)15-6-4-13(3)8-18(15)32-10-19-25-26-21(27(19)23)33-11-20(29)24-17-7-5-14(28(30)31)9-16(17)22/h4-9,12H,10-11,23H2,1-3H3,(H,24,29). The molecule has 174 valence electrons. The number of nitrogens with one attached hydrogen (secondary N) is 1. The number of rotatable bonds is 9. The number of benzene rings is 2. The first-order valence-electron chi connectivity index (χ1n) is 9.95. The summed E-state index contributed by atoms with van der Waals surface area (Å²) in [5, 5.41) is 21.9. The molecular weight excluding hydrogens is 468 g/mol. The number of ether oxygens (including phenoxy) is 1. The van der Waals surface area contributed by atoms with Gasteiger partial charge in [0.05, 0.1) is 21.4 Å². The van der Waals surface area contributed by atoms with Gasteiger partial charge in [-0.15, -0.1) is 10.2 Å². The fourth-order valence-corrected chi connectivity index (χ4v) is 3.82. The Hall–Kier alpha value is -3.31. The van der Waals surface area contributed by atoms with Gasteiger partial charge in [-0.25, -0.2) is 4.68 Å². The molecule has 3 N–H and O–H groups in total. The Morgan fingerprint density at radius 2 is 2.06 bits per heavy atom. The van der Waals surface area contributed by atoms with Crippen LogP contribution in [0.25, 0.3) is 0 Å². The highest BCUT2D eigenvalue weighted by molar-refractivity contribution is 7.99. The first kappa shape index (κ1) is 24.3. The van der Waals surface area contributed by atoms with Crippen LogP contribution in [0.3, 0.4) is 0 Å². The van der Waals surface area contributed by atoms with Crippen LogP contribution >= 0.6 is 23.4 Å². The average molecular weight is 491 g/mol. The number of halogens is 1. The van der Waals surface area contributed by atoms with Crippen LogP contribution in [0.4, 0.5) is 11.4 Å². The molecule has 0 unspecified atom stereocenters. The summed E-state index contributed by atoms with van der Waals surface area (Å²) in [7, 11) is 0. The molecule has 0 saturated heterocycles. The van der Waals surface area contributed by atoms with Crippen LogP contribution < -0.4 is 15.9 Å². The van der Waals surface area contributed by atoms with E-state index in [-0.39, 0.29) is 34.7 Å². The number of hydrogen-bond acceptors (Lipinski definition) is 8. The van der Waals surface area contributed by atoms with E-state index in [0.717, 1.165) is 28.6 Å². The molecule has 3 rings (SSSR count). The molecule has 0 aliphatic carbocycles. The quantitative estimate of drug-likeness (QED) is 0.196. The number of thioether (sulfide) groups is 1. The number of nitrogens with two attached hydrogens (primary N) is 1. The lowest BCUT2D eigenvalue weighted by atomic mass is 10.0. The van der Waals surface area contributed by atoms with Gasteiger partial charge in [0, 0.05) is 12.1 Å². The number of nitro groups is 1. The third kappa shape index (κ3) is 6.14. The van der Waals surface area contributed by atoms with Crippen LogP contribution in [0.2, 0.25) is 5.02 Å². The number of carbonyl (C=O) groups is 1. The molecule has 1 heterocycles. The molecule has 0 fully saturated rings. The van der Waals surface area contributed by atoms with Gasteiger partial charge in [-0.05, 0) is 36.1 Å². The van der Waals surface area contributed by atoms with Gasteiger partial charge in [0.1, 0.15) is 12.4 Å². The summed E-state index contributed by atoms with van der Waals surface area (Å²) < 4.78 is 7.23. The number of nitrogen functional groups attached to an aromatic ring is 1. The third-order valence-corrected chi connectivity index (χ3v) is 5.91. The molecule has 1 aromatic heterocycles. The second kappa shape index (κ2) is 10.5. The van der Waals surface area contributed by atoms with Gasteiger partial charge >= 0.3 is 0 Å². The van der Waals surface area contributed by atoms with Gasteiger partial charge in [0.2, 0.25) is 11.1 Å². The van der Waals surface area contributed by atoms with Crippen LogP contribution in [0.15, 0.2) is 41.6 Å². The Labute approximate surface area is 199 Å². The van der Waals surface area contributed by atoms with Crippen molar-refractivity contribution in [3.63, 3.8) is 0 Å². The molecule has 33 heavy (non-hydrogen) atoms. The van der Waals surface area contributed by atoms with Crippen molar-refractivity contribution >= 4 is 40.6 Å². The fourth-order valence-electron chi connectivity index (χ4n) is 2.93. The van der Waals surface area contributed by atoms with Gasteiger partial charge in [0.25, 0.3) is 5.69 Å². The number of carbonyl (C=O) groups excluding carboxylic acids is 1. The van der Waals surface area contributed by atoms with Crippen LogP contribution in [0.1, 0.15) is 36.7 Å². The van der Waals surface area contributed by atoms with Gasteiger partial charge in [0.15, 0.2) is 5.82 Å². The molecule has 12 heteroatoms. The fraction of sp³-hybridized carbons (Fsp3) is 0.286. The lowest BCUT2D eigenvalue weighted by Gasteiger charge is -2.14. The summed E-state index contributed by atoms with van der Waals surface area (Å²) in [6.45, 7) is 6.29. The van der Waals surface area contributed by atoms with E-state index in [1.165, 1.54) is 22.9 Å². The van der Waals surface area contributed by atoms with E-state index >= 15 is 0 Å². The zero-order valence-electron chi connectivity index (χ0n) is 18.2. The minimum Gasteiger partial charge on any atom is -0.485 e. The molecule has 0 atom stereocenters.